The van der Waals surface area contributed by atoms with Gasteiger partial charge >= 0.3 is 9.37 Å². The Labute approximate surface area is 57.4 Å². The van der Waals surface area contributed by atoms with Crippen LogP contribution < -0.4 is 0 Å². The van der Waals surface area contributed by atoms with Gasteiger partial charge in [0.15, 0.2) is 0 Å². The topological polar surface area (TPSA) is 9.23 Å². The molecule has 0 bridgehead atoms. The van der Waals surface area contributed by atoms with Crippen molar-refractivity contribution >= 4 is 9.37 Å². The minimum Gasteiger partial charge on any atom is -0.391 e. The molecule has 9 heavy (non-hydrogen) atoms. The van der Waals surface area contributed by atoms with Gasteiger partial charge in [-0.1, -0.05) is 6.08 Å². The van der Waals surface area contributed by atoms with Crippen molar-refractivity contribution in [3.05, 3.63) is 12.7 Å². The summed E-state index contributed by atoms with van der Waals surface area (Å²) in [4.78, 5) is 0. The van der Waals surface area contributed by atoms with Crippen LogP contribution in [0.15, 0.2) is 12.7 Å². The van der Waals surface area contributed by atoms with Crippen molar-refractivity contribution < 1.29 is 8.53 Å². The van der Waals surface area contributed by atoms with Crippen molar-refractivity contribution in [2.45, 2.75) is 26.0 Å². The molecular formula is C6H13FOSi. The van der Waals surface area contributed by atoms with Gasteiger partial charge < -0.3 is 4.43 Å². The first-order valence-corrected chi connectivity index (χ1v) is 4.79. The van der Waals surface area contributed by atoms with Gasteiger partial charge in [-0.2, -0.15) is 0 Å². The summed E-state index contributed by atoms with van der Waals surface area (Å²) in [7, 11) is -2.38. The molecule has 1 atom stereocenters. The minimum atomic E-state index is -2.38. The summed E-state index contributed by atoms with van der Waals surface area (Å²) in [5.41, 5.74) is 0. The standard InChI is InChI=1S/C6H13FOSi/c1-4-5-9(7)8-6(2)3/h4,6,9H,1,5H2,2-3H3. The molecule has 0 N–H and O–H groups in total. The molecule has 0 fully saturated rings. The molecule has 0 radical (unpaired) electrons. The van der Waals surface area contributed by atoms with E-state index in [4.69, 9.17) is 4.43 Å². The lowest BCUT2D eigenvalue weighted by atomic mass is 10.5. The fourth-order valence-corrected chi connectivity index (χ4v) is 1.45. The van der Waals surface area contributed by atoms with Crippen LogP contribution in [0.1, 0.15) is 13.8 Å². The van der Waals surface area contributed by atoms with Gasteiger partial charge in [0.25, 0.3) is 0 Å². The molecule has 0 aromatic rings. The van der Waals surface area contributed by atoms with E-state index in [0.29, 0.717) is 6.04 Å². The average molecular weight is 148 g/mol. The minimum absolute atomic E-state index is 0.0200. The van der Waals surface area contributed by atoms with Gasteiger partial charge in [0.2, 0.25) is 0 Å². The van der Waals surface area contributed by atoms with E-state index >= 15 is 0 Å². The van der Waals surface area contributed by atoms with E-state index in [9.17, 15) is 4.11 Å². The Kier molecular flexibility index (Phi) is 4.62. The van der Waals surface area contributed by atoms with Crippen LogP contribution in [0.3, 0.4) is 0 Å². The molecule has 0 aliphatic carbocycles. The Morgan fingerprint density at radius 3 is 2.67 bits per heavy atom. The molecule has 3 heteroatoms. The number of rotatable bonds is 4. The highest BCUT2D eigenvalue weighted by Gasteiger charge is 2.08. The quantitative estimate of drug-likeness (QED) is 0.335. The van der Waals surface area contributed by atoms with Crippen molar-refractivity contribution in [1.82, 2.24) is 0 Å². The van der Waals surface area contributed by atoms with Crippen molar-refractivity contribution in [2.75, 3.05) is 0 Å². The zero-order chi connectivity index (χ0) is 7.28. The second-order valence-corrected chi connectivity index (χ2v) is 3.68. The van der Waals surface area contributed by atoms with Gasteiger partial charge in [-0.25, -0.2) is 0 Å². The smallest absolute Gasteiger partial charge is 0.372 e. The molecule has 0 saturated carbocycles. The predicted molar refractivity (Wildman–Crippen MR) is 39.5 cm³/mol. The lowest BCUT2D eigenvalue weighted by Gasteiger charge is -2.08. The van der Waals surface area contributed by atoms with Gasteiger partial charge in [-0.15, -0.1) is 6.58 Å². The normalized spacial score (nSPS) is 13.8. The van der Waals surface area contributed by atoms with E-state index in [2.05, 4.69) is 6.58 Å². The second-order valence-electron chi connectivity index (χ2n) is 2.12. The third-order valence-corrected chi connectivity index (χ3v) is 2.32. The van der Waals surface area contributed by atoms with Gasteiger partial charge in [0.1, 0.15) is 0 Å². The maximum Gasteiger partial charge on any atom is 0.372 e. The molecule has 0 aromatic heterocycles. The molecule has 54 valence electrons. The molecule has 1 unspecified atom stereocenters. The molecule has 0 amide bonds. The van der Waals surface area contributed by atoms with Gasteiger partial charge in [-0.3, -0.25) is 4.11 Å². The van der Waals surface area contributed by atoms with Gasteiger partial charge in [0, 0.05) is 12.1 Å². The fourth-order valence-electron chi connectivity index (χ4n) is 0.482. The van der Waals surface area contributed by atoms with Crippen LogP contribution in [-0.2, 0) is 4.43 Å². The summed E-state index contributed by atoms with van der Waals surface area (Å²) in [5.74, 6) is 0. The number of allylic oxidation sites excluding steroid dienone is 1. The van der Waals surface area contributed by atoms with Crippen LogP contribution in [0.5, 0.6) is 0 Å². The van der Waals surface area contributed by atoms with E-state index in [1.807, 2.05) is 13.8 Å². The summed E-state index contributed by atoms with van der Waals surface area (Å²) in [6.07, 6.45) is 1.59. The molecule has 0 aliphatic rings. The molecule has 0 rings (SSSR count). The third kappa shape index (κ3) is 5.72. The van der Waals surface area contributed by atoms with Crippen molar-refractivity contribution in [2.24, 2.45) is 0 Å². The van der Waals surface area contributed by atoms with Crippen LogP contribution in [0.2, 0.25) is 6.04 Å². The van der Waals surface area contributed by atoms with E-state index < -0.39 is 9.37 Å². The molecule has 1 nitrogen and oxygen atoms in total. The summed E-state index contributed by atoms with van der Waals surface area (Å²) in [6.45, 7) is 7.09. The molecule has 0 spiro atoms. The van der Waals surface area contributed by atoms with E-state index in [0.717, 1.165) is 0 Å². The molecule has 0 saturated heterocycles. The Morgan fingerprint density at radius 1 is 1.78 bits per heavy atom. The van der Waals surface area contributed by atoms with Crippen molar-refractivity contribution in [1.29, 1.82) is 0 Å². The Balaban J connectivity index is 3.25. The largest absolute Gasteiger partial charge is 0.391 e. The lowest BCUT2D eigenvalue weighted by Crippen LogP contribution is -2.16. The van der Waals surface area contributed by atoms with Crippen LogP contribution in [-0.4, -0.2) is 15.5 Å². The van der Waals surface area contributed by atoms with E-state index in [1.165, 1.54) is 0 Å². The number of hydrogen-bond acceptors (Lipinski definition) is 1. The zero-order valence-corrected chi connectivity index (χ0v) is 7.09. The maximum absolute atomic E-state index is 12.5. The first-order valence-electron chi connectivity index (χ1n) is 3.07. The maximum atomic E-state index is 12.5. The molecule has 0 aliphatic heterocycles. The first kappa shape index (κ1) is 8.85. The Hall–Kier alpha value is -0.153. The first-order chi connectivity index (χ1) is 4.16. The molecule has 0 heterocycles. The fraction of sp³-hybridized carbons (Fsp3) is 0.667. The SMILES string of the molecule is C=CC[SiH](F)OC(C)C. The molecular weight excluding hydrogens is 135 g/mol. The lowest BCUT2D eigenvalue weighted by molar-refractivity contribution is 0.221. The van der Waals surface area contributed by atoms with Gasteiger partial charge in [0.05, 0.1) is 0 Å². The van der Waals surface area contributed by atoms with Crippen LogP contribution in [0.4, 0.5) is 4.11 Å². The monoisotopic (exact) mass is 148 g/mol. The Bertz CT molecular complexity index is 85.1. The number of halogens is 1. The summed E-state index contributed by atoms with van der Waals surface area (Å²) < 4.78 is 17.4. The number of hydrogen-bond donors (Lipinski definition) is 0. The van der Waals surface area contributed by atoms with E-state index in [1.54, 1.807) is 6.08 Å². The van der Waals surface area contributed by atoms with E-state index in [-0.39, 0.29) is 6.10 Å². The zero-order valence-electron chi connectivity index (χ0n) is 5.93. The highest BCUT2D eigenvalue weighted by molar-refractivity contribution is 6.44. The summed E-state index contributed by atoms with van der Waals surface area (Å²) in [6, 6.07) is 0.415. The van der Waals surface area contributed by atoms with Crippen LogP contribution in [0.25, 0.3) is 0 Å². The van der Waals surface area contributed by atoms with Crippen molar-refractivity contribution in [3.63, 3.8) is 0 Å². The average Bonchev–Trinajstić information content (AvgIpc) is 1.63. The van der Waals surface area contributed by atoms with Crippen LogP contribution in [0, 0.1) is 0 Å². The highest BCUT2D eigenvalue weighted by Crippen LogP contribution is 2.00. The summed E-state index contributed by atoms with van der Waals surface area (Å²) >= 11 is 0. The van der Waals surface area contributed by atoms with Crippen LogP contribution >= 0.6 is 0 Å². The third-order valence-electron chi connectivity index (χ3n) is 0.772. The van der Waals surface area contributed by atoms with Crippen molar-refractivity contribution in [3.8, 4) is 0 Å². The summed E-state index contributed by atoms with van der Waals surface area (Å²) in [5, 5.41) is 0. The Morgan fingerprint density at radius 2 is 2.33 bits per heavy atom. The molecule has 0 aromatic carbocycles. The van der Waals surface area contributed by atoms with Gasteiger partial charge in [-0.05, 0) is 13.8 Å². The predicted octanol–water partition coefficient (Wildman–Crippen LogP) is 1.79. The second kappa shape index (κ2) is 4.70. The highest BCUT2D eigenvalue weighted by atomic mass is 28.3.